The first-order valence-corrected chi connectivity index (χ1v) is 9.14. The van der Waals surface area contributed by atoms with E-state index in [9.17, 15) is 9.59 Å². The third-order valence-electron chi connectivity index (χ3n) is 4.55. The summed E-state index contributed by atoms with van der Waals surface area (Å²) in [5.41, 5.74) is 6.31. The van der Waals surface area contributed by atoms with Crippen molar-refractivity contribution in [1.82, 2.24) is 15.1 Å². The molecule has 1 aromatic carbocycles. The highest BCUT2D eigenvalue weighted by molar-refractivity contribution is 14.0. The smallest absolute Gasteiger partial charge is 0.410 e. The number of halogens is 1. The van der Waals surface area contributed by atoms with Crippen LogP contribution in [0.4, 0.5) is 4.79 Å². The summed E-state index contributed by atoms with van der Waals surface area (Å²) in [6.45, 7) is 8.82. The van der Waals surface area contributed by atoms with Crippen LogP contribution < -0.4 is 11.1 Å². The molecule has 9 heteroatoms. The fourth-order valence-electron chi connectivity index (χ4n) is 3.19. The number of carbonyl (C=O) groups excluding carboxylic acids is 2. The number of carbonyl (C=O) groups is 2. The van der Waals surface area contributed by atoms with E-state index in [0.717, 1.165) is 18.1 Å². The number of primary amides is 1. The van der Waals surface area contributed by atoms with Gasteiger partial charge in [0.1, 0.15) is 5.60 Å². The van der Waals surface area contributed by atoms with E-state index in [0.29, 0.717) is 31.7 Å². The Hall–Kier alpha value is -2.04. The summed E-state index contributed by atoms with van der Waals surface area (Å²) in [6, 6.07) is 7.36. The number of hydrogen-bond donors (Lipinski definition) is 2. The first-order valence-electron chi connectivity index (χ1n) is 9.14. The fourth-order valence-corrected chi connectivity index (χ4v) is 3.19. The van der Waals surface area contributed by atoms with Crippen molar-refractivity contribution in [2.24, 2.45) is 10.7 Å². The quantitative estimate of drug-likeness (QED) is 0.616. The molecule has 1 aromatic rings. The maximum atomic E-state index is 12.3. The van der Waals surface area contributed by atoms with E-state index in [-0.39, 0.29) is 36.1 Å². The summed E-state index contributed by atoms with van der Waals surface area (Å²) < 4.78 is 5.47. The van der Waals surface area contributed by atoms with E-state index in [4.69, 9.17) is 10.5 Å². The van der Waals surface area contributed by atoms with Gasteiger partial charge in [0.15, 0.2) is 5.96 Å². The number of fused-ring (bicyclic) bond motifs is 1. The highest BCUT2D eigenvalue weighted by Crippen LogP contribution is 2.19. The van der Waals surface area contributed by atoms with Gasteiger partial charge in [-0.25, -0.2) is 4.79 Å². The lowest BCUT2D eigenvalue weighted by molar-refractivity contribution is 0.0137. The summed E-state index contributed by atoms with van der Waals surface area (Å²) in [6.07, 6.45) is -0.266. The molecule has 0 spiro atoms. The molecule has 8 nitrogen and oxygen atoms in total. The Labute approximate surface area is 182 Å². The molecule has 28 heavy (non-hydrogen) atoms. The lowest BCUT2D eigenvalue weighted by Crippen LogP contribution is -2.57. The highest BCUT2D eigenvalue weighted by atomic mass is 127. The summed E-state index contributed by atoms with van der Waals surface area (Å²) in [7, 11) is 0. The minimum atomic E-state index is -0.489. The zero-order chi connectivity index (χ0) is 19.6. The normalized spacial score (nSPS) is 18.7. The average Bonchev–Trinajstić information content (AvgIpc) is 3.01. The summed E-state index contributed by atoms with van der Waals surface area (Å²) >= 11 is 0. The van der Waals surface area contributed by atoms with Gasteiger partial charge in [-0.1, -0.05) is 12.1 Å². The molecule has 0 aliphatic carbocycles. The number of ether oxygens (including phenoxy) is 1. The number of nitrogens with zero attached hydrogens (tertiary/aromatic N) is 3. The number of nitrogens with two attached hydrogens (primary N) is 1. The Morgan fingerprint density at radius 2 is 1.93 bits per heavy atom. The lowest BCUT2D eigenvalue weighted by Gasteiger charge is -2.39. The summed E-state index contributed by atoms with van der Waals surface area (Å²) in [5, 5.41) is 3.35. The molecule has 1 atom stereocenters. The van der Waals surface area contributed by atoms with Gasteiger partial charge in [0.25, 0.3) is 0 Å². The molecule has 2 amide bonds. The van der Waals surface area contributed by atoms with Crippen LogP contribution in [0.3, 0.4) is 0 Å². The minimum absolute atomic E-state index is 0. The van der Waals surface area contributed by atoms with Gasteiger partial charge in [-0.3, -0.25) is 9.79 Å². The predicted octanol–water partition coefficient (Wildman–Crippen LogP) is 1.78. The molecule has 0 saturated carbocycles. The van der Waals surface area contributed by atoms with Crippen LogP contribution in [0.25, 0.3) is 0 Å². The van der Waals surface area contributed by atoms with Crippen molar-refractivity contribution < 1.29 is 14.3 Å². The van der Waals surface area contributed by atoms with Crippen LogP contribution in [-0.4, -0.2) is 65.6 Å². The van der Waals surface area contributed by atoms with E-state index in [1.165, 1.54) is 0 Å². The van der Waals surface area contributed by atoms with Crippen LogP contribution in [0, 0.1) is 0 Å². The van der Waals surface area contributed by atoms with Gasteiger partial charge in [-0.2, -0.15) is 0 Å². The number of guanidine groups is 1. The molecule has 2 aliphatic heterocycles. The maximum Gasteiger partial charge on any atom is 0.410 e. The number of nitrogens with one attached hydrogen (secondary N) is 1. The zero-order valence-corrected chi connectivity index (χ0v) is 18.8. The molecular weight excluding hydrogens is 473 g/mol. The van der Waals surface area contributed by atoms with Gasteiger partial charge in [0.2, 0.25) is 5.91 Å². The molecule has 1 saturated heterocycles. The molecular formula is C19H28IN5O3. The van der Waals surface area contributed by atoms with E-state index in [2.05, 4.69) is 15.2 Å². The zero-order valence-electron chi connectivity index (χ0n) is 16.5. The van der Waals surface area contributed by atoms with Crippen LogP contribution in [-0.2, 0) is 11.3 Å². The SMILES string of the molecule is CC(C)(C)OC(=O)N1CCN2C(NCc3ccc(C(N)=O)cc3)=NCC2C1.I. The molecule has 0 aromatic heterocycles. The molecule has 0 bridgehead atoms. The van der Waals surface area contributed by atoms with Crippen LogP contribution in [0.5, 0.6) is 0 Å². The number of piperazine rings is 1. The first kappa shape index (κ1) is 22.3. The maximum absolute atomic E-state index is 12.3. The van der Waals surface area contributed by atoms with E-state index in [1.54, 1.807) is 17.0 Å². The largest absolute Gasteiger partial charge is 0.444 e. The van der Waals surface area contributed by atoms with Crippen molar-refractivity contribution in [3.8, 4) is 0 Å². The average molecular weight is 501 g/mol. The number of hydrogen-bond acceptors (Lipinski definition) is 6. The summed E-state index contributed by atoms with van der Waals surface area (Å²) in [5.74, 6) is 0.420. The molecule has 3 rings (SSSR count). The number of rotatable bonds is 3. The fraction of sp³-hybridized carbons (Fsp3) is 0.526. The Morgan fingerprint density at radius 1 is 1.25 bits per heavy atom. The Bertz CT molecular complexity index is 745. The second-order valence-corrected chi connectivity index (χ2v) is 7.85. The van der Waals surface area contributed by atoms with Crippen LogP contribution in [0.15, 0.2) is 29.3 Å². The van der Waals surface area contributed by atoms with E-state index >= 15 is 0 Å². The van der Waals surface area contributed by atoms with Gasteiger partial charge in [0, 0.05) is 31.7 Å². The standard InChI is InChI=1S/C19H27N5O3.HI/c1-19(2,3)27-18(26)23-8-9-24-15(12-23)11-22-17(24)21-10-13-4-6-14(7-5-13)16(20)25;/h4-7,15H,8-12H2,1-3H3,(H2,20,25)(H,21,22);1H. The number of amides is 2. The number of benzene rings is 1. The monoisotopic (exact) mass is 501 g/mol. The molecule has 2 heterocycles. The molecule has 1 fully saturated rings. The first-order chi connectivity index (χ1) is 12.7. The van der Waals surface area contributed by atoms with Crippen molar-refractivity contribution >= 4 is 41.9 Å². The Morgan fingerprint density at radius 3 is 2.54 bits per heavy atom. The number of aliphatic imine (C=N–C) groups is 1. The predicted molar refractivity (Wildman–Crippen MR) is 118 cm³/mol. The molecule has 2 aliphatic rings. The van der Waals surface area contributed by atoms with Crippen LogP contribution in [0.1, 0.15) is 36.7 Å². The Kier molecular flexibility index (Phi) is 7.13. The van der Waals surface area contributed by atoms with Gasteiger partial charge in [-0.15, -0.1) is 24.0 Å². The van der Waals surface area contributed by atoms with Crippen molar-refractivity contribution in [2.45, 2.75) is 39.0 Å². The molecule has 3 N–H and O–H groups in total. The van der Waals surface area contributed by atoms with Gasteiger partial charge >= 0.3 is 6.09 Å². The third-order valence-corrected chi connectivity index (χ3v) is 4.55. The second-order valence-electron chi connectivity index (χ2n) is 7.85. The van der Waals surface area contributed by atoms with Crippen molar-refractivity contribution in [3.63, 3.8) is 0 Å². The Balaban J connectivity index is 0.00000280. The van der Waals surface area contributed by atoms with Gasteiger partial charge in [0.05, 0.1) is 12.6 Å². The van der Waals surface area contributed by atoms with Crippen LogP contribution in [0.2, 0.25) is 0 Å². The van der Waals surface area contributed by atoms with Gasteiger partial charge < -0.3 is 25.6 Å². The van der Waals surface area contributed by atoms with Gasteiger partial charge in [-0.05, 0) is 38.5 Å². The highest BCUT2D eigenvalue weighted by Gasteiger charge is 2.36. The van der Waals surface area contributed by atoms with Crippen molar-refractivity contribution in [2.75, 3.05) is 26.2 Å². The minimum Gasteiger partial charge on any atom is -0.444 e. The third kappa shape index (κ3) is 5.49. The second kappa shape index (κ2) is 8.97. The lowest BCUT2D eigenvalue weighted by atomic mass is 10.1. The van der Waals surface area contributed by atoms with E-state index in [1.807, 2.05) is 32.9 Å². The van der Waals surface area contributed by atoms with E-state index < -0.39 is 11.5 Å². The topological polar surface area (TPSA) is 100 Å². The molecule has 154 valence electrons. The molecule has 0 radical (unpaired) electrons. The summed E-state index contributed by atoms with van der Waals surface area (Å²) in [4.78, 5) is 32.0. The van der Waals surface area contributed by atoms with Crippen molar-refractivity contribution in [1.29, 1.82) is 0 Å². The van der Waals surface area contributed by atoms with Crippen molar-refractivity contribution in [3.05, 3.63) is 35.4 Å². The van der Waals surface area contributed by atoms with Crippen LogP contribution >= 0.6 is 24.0 Å². The molecule has 1 unspecified atom stereocenters.